The predicted molar refractivity (Wildman–Crippen MR) is 38.2 cm³/mol. The monoisotopic (exact) mass is 213 g/mol. The fraction of sp³-hybridized carbons (Fsp3) is 0.429. The summed E-state index contributed by atoms with van der Waals surface area (Å²) in [6.07, 6.45) is 0. The first kappa shape index (κ1) is 12.9. The van der Waals surface area contributed by atoms with Crippen molar-refractivity contribution < 1.29 is 32.7 Å². The molecule has 0 aliphatic heterocycles. The Labute approximate surface area is 87.7 Å². The topological polar surface area (TPSA) is 27.0 Å². The van der Waals surface area contributed by atoms with E-state index in [4.69, 9.17) is 0 Å². The van der Waals surface area contributed by atoms with E-state index in [-0.39, 0.29) is 40.1 Å². The summed E-state index contributed by atoms with van der Waals surface area (Å²) in [7, 11) is 0. The van der Waals surface area contributed by atoms with Crippen molar-refractivity contribution in [1.82, 2.24) is 9.97 Å². The van der Waals surface area contributed by atoms with Gasteiger partial charge in [0, 0.05) is 32.7 Å². The van der Waals surface area contributed by atoms with E-state index in [2.05, 4.69) is 9.97 Å². The van der Waals surface area contributed by atoms with Crippen molar-refractivity contribution in [3.8, 4) is 0 Å². The zero-order valence-corrected chi connectivity index (χ0v) is 9.81. The van der Waals surface area contributed by atoms with Crippen molar-refractivity contribution in [2.24, 2.45) is 0 Å². The van der Waals surface area contributed by atoms with E-state index in [1.165, 1.54) is 0 Å². The fourth-order valence-corrected chi connectivity index (χ4v) is 0.672. The SMILES string of the molecule is Cc1nc(C)c(C)[n-]1.[CH3-].[Y]. The molecular formula is C7H12N2Y-2. The maximum Gasteiger partial charge on any atom is 0 e. The van der Waals surface area contributed by atoms with Crippen LogP contribution in [0.2, 0.25) is 0 Å². The smallest absolute Gasteiger partial charge is 0 e. The van der Waals surface area contributed by atoms with Crippen LogP contribution >= 0.6 is 0 Å². The van der Waals surface area contributed by atoms with Crippen LogP contribution in [0, 0.1) is 28.2 Å². The number of nitrogens with zero attached hydrogens (tertiary/aromatic N) is 2. The summed E-state index contributed by atoms with van der Waals surface area (Å²) in [5, 5.41) is 0. The van der Waals surface area contributed by atoms with Crippen LogP contribution in [0.3, 0.4) is 0 Å². The Kier molecular flexibility index (Phi) is 6.51. The van der Waals surface area contributed by atoms with Gasteiger partial charge in [0.25, 0.3) is 0 Å². The van der Waals surface area contributed by atoms with E-state index in [9.17, 15) is 0 Å². The van der Waals surface area contributed by atoms with Crippen LogP contribution in [0.25, 0.3) is 0 Å². The van der Waals surface area contributed by atoms with Crippen molar-refractivity contribution in [2.45, 2.75) is 20.8 Å². The van der Waals surface area contributed by atoms with Crippen LogP contribution in [0.1, 0.15) is 17.2 Å². The molecule has 1 aromatic heterocycles. The van der Waals surface area contributed by atoms with Gasteiger partial charge in [-0.1, -0.05) is 17.2 Å². The maximum atomic E-state index is 4.10. The zero-order valence-electron chi connectivity index (χ0n) is 6.97. The Bertz CT molecular complexity index is 174. The number of hydrogen-bond donors (Lipinski definition) is 0. The van der Waals surface area contributed by atoms with Gasteiger partial charge in [-0.25, -0.2) is 0 Å². The average Bonchev–Trinajstić information content (AvgIpc) is 1.85. The summed E-state index contributed by atoms with van der Waals surface area (Å²) in [5.41, 5.74) is 2.09. The first-order valence-electron chi connectivity index (χ1n) is 2.64. The third-order valence-electron chi connectivity index (χ3n) is 1.18. The first-order chi connectivity index (χ1) is 3.70. The molecule has 0 fully saturated rings. The molecule has 0 bridgehead atoms. The van der Waals surface area contributed by atoms with Crippen molar-refractivity contribution in [3.63, 3.8) is 0 Å². The fourth-order valence-electron chi connectivity index (χ4n) is 0.672. The molecule has 0 aromatic carbocycles. The van der Waals surface area contributed by atoms with Gasteiger partial charge in [-0.05, 0) is 20.8 Å². The minimum atomic E-state index is 0. The molecule has 0 saturated heterocycles. The molecule has 0 atom stereocenters. The van der Waals surface area contributed by atoms with Gasteiger partial charge in [-0.2, -0.15) is 0 Å². The Morgan fingerprint density at radius 2 is 1.70 bits per heavy atom. The van der Waals surface area contributed by atoms with E-state index in [0.717, 1.165) is 17.2 Å². The van der Waals surface area contributed by atoms with Crippen LogP contribution in [-0.2, 0) is 32.7 Å². The van der Waals surface area contributed by atoms with Crippen LogP contribution in [-0.4, -0.2) is 4.98 Å². The van der Waals surface area contributed by atoms with Gasteiger partial charge in [0.2, 0.25) is 0 Å². The van der Waals surface area contributed by atoms with Gasteiger partial charge in [0.1, 0.15) is 0 Å². The summed E-state index contributed by atoms with van der Waals surface area (Å²) < 4.78 is 0. The summed E-state index contributed by atoms with van der Waals surface area (Å²) in [5.74, 6) is 0.875. The molecule has 1 aromatic rings. The van der Waals surface area contributed by atoms with Crippen molar-refractivity contribution >= 4 is 0 Å². The van der Waals surface area contributed by atoms with Crippen LogP contribution in [0.15, 0.2) is 0 Å². The Hall–Kier alpha value is 0.314. The molecule has 0 spiro atoms. The van der Waals surface area contributed by atoms with E-state index in [1.807, 2.05) is 20.8 Å². The molecule has 10 heavy (non-hydrogen) atoms. The van der Waals surface area contributed by atoms with E-state index >= 15 is 0 Å². The summed E-state index contributed by atoms with van der Waals surface area (Å²) in [4.78, 5) is 8.20. The number of rotatable bonds is 0. The number of aryl methyl sites for hydroxylation is 3. The predicted octanol–water partition coefficient (Wildman–Crippen LogP) is 1.41. The van der Waals surface area contributed by atoms with Gasteiger partial charge < -0.3 is 17.4 Å². The van der Waals surface area contributed by atoms with Gasteiger partial charge in [-0.3, -0.25) is 0 Å². The molecular weight excluding hydrogens is 201 g/mol. The van der Waals surface area contributed by atoms with Gasteiger partial charge in [0.05, 0.1) is 0 Å². The second kappa shape index (κ2) is 5.03. The van der Waals surface area contributed by atoms with Crippen LogP contribution in [0.4, 0.5) is 0 Å². The Balaban J connectivity index is 0. The first-order valence-corrected chi connectivity index (χ1v) is 2.64. The average molecular weight is 213 g/mol. The van der Waals surface area contributed by atoms with E-state index in [1.54, 1.807) is 0 Å². The standard InChI is InChI=1S/C6H9N2.CH3.Y/c1-4-5(2)8-6(3)7-4;;/h1-3H3;1H3;/q2*-1;. The van der Waals surface area contributed by atoms with Crippen molar-refractivity contribution in [2.75, 3.05) is 0 Å². The molecule has 0 unspecified atom stereocenters. The second-order valence-electron chi connectivity index (χ2n) is 1.94. The normalized spacial score (nSPS) is 7.90. The minimum Gasteiger partial charge on any atom is -0.444 e. The van der Waals surface area contributed by atoms with Crippen LogP contribution < -0.4 is 4.98 Å². The Morgan fingerprint density at radius 3 is 1.80 bits per heavy atom. The summed E-state index contributed by atoms with van der Waals surface area (Å²) >= 11 is 0. The number of hydrogen-bond acceptors (Lipinski definition) is 1. The number of imidazole rings is 1. The van der Waals surface area contributed by atoms with Crippen molar-refractivity contribution in [3.05, 3.63) is 24.6 Å². The third kappa shape index (κ3) is 2.93. The largest absolute Gasteiger partial charge is 0.444 e. The molecule has 1 rings (SSSR count). The van der Waals surface area contributed by atoms with Gasteiger partial charge in [-0.15, -0.1) is 0 Å². The Morgan fingerprint density at radius 1 is 1.20 bits per heavy atom. The van der Waals surface area contributed by atoms with Crippen LogP contribution in [0.5, 0.6) is 0 Å². The zero-order chi connectivity index (χ0) is 6.15. The molecule has 1 radical (unpaired) electrons. The van der Waals surface area contributed by atoms with Gasteiger partial charge in [0.15, 0.2) is 0 Å². The molecule has 3 heteroatoms. The quantitative estimate of drug-likeness (QED) is 0.609. The van der Waals surface area contributed by atoms with Crippen molar-refractivity contribution in [1.29, 1.82) is 0 Å². The molecule has 0 aliphatic rings. The summed E-state index contributed by atoms with van der Waals surface area (Å²) in [6.45, 7) is 5.84. The second-order valence-corrected chi connectivity index (χ2v) is 1.94. The maximum absolute atomic E-state index is 4.10. The minimum absolute atomic E-state index is 0. The van der Waals surface area contributed by atoms with E-state index < -0.39 is 0 Å². The number of aromatic nitrogens is 2. The van der Waals surface area contributed by atoms with E-state index in [0.29, 0.717) is 0 Å². The molecule has 55 valence electrons. The molecule has 0 N–H and O–H groups in total. The molecule has 0 aliphatic carbocycles. The molecule has 1 heterocycles. The molecule has 2 nitrogen and oxygen atoms in total. The van der Waals surface area contributed by atoms with Gasteiger partial charge >= 0.3 is 0 Å². The summed E-state index contributed by atoms with van der Waals surface area (Å²) in [6, 6.07) is 0. The molecule has 0 saturated carbocycles. The molecule has 0 amide bonds. The third-order valence-corrected chi connectivity index (χ3v) is 1.18.